The number of benzene rings is 2. The molecular formula is C66H128O19Si11. The quantitative estimate of drug-likeness (QED) is 0.0573. The second-order valence-corrected chi connectivity index (χ2v) is 86.1. The first-order chi connectivity index (χ1) is 43.1. The lowest BCUT2D eigenvalue weighted by molar-refractivity contribution is -0.309. The minimum Gasteiger partial charge on any atom is -0.544 e. The number of hydrogen-bond donors (Lipinski definition) is 0. The van der Waals surface area contributed by atoms with Gasteiger partial charge in [-0.15, -0.1) is 0 Å². The lowest BCUT2D eigenvalue weighted by atomic mass is 9.98. The molecule has 0 radical (unpaired) electrons. The smallest absolute Gasteiger partial charge is 0.242 e. The monoisotopic (exact) mass is 1530 g/mol. The summed E-state index contributed by atoms with van der Waals surface area (Å²) in [5.74, 6) is 1.28. The molecular weight excluding hydrogens is 1410 g/mol. The molecule has 0 bridgehead atoms. The summed E-state index contributed by atoms with van der Waals surface area (Å²) < 4.78 is 128. The van der Waals surface area contributed by atoms with Crippen LogP contribution in [0.5, 0.6) is 23.0 Å². The molecule has 19 nitrogen and oxygen atoms in total. The molecule has 0 saturated carbocycles. The van der Waals surface area contributed by atoms with Crippen molar-refractivity contribution in [2.24, 2.45) is 0 Å². The van der Waals surface area contributed by atoms with Crippen LogP contribution in [0.4, 0.5) is 0 Å². The van der Waals surface area contributed by atoms with Gasteiger partial charge in [-0.2, -0.15) is 0 Å². The molecule has 15 unspecified atom stereocenters. The Morgan fingerprint density at radius 2 is 0.698 bits per heavy atom. The minimum absolute atomic E-state index is 0.0541. The maximum atomic E-state index is 16.5. The standard InChI is InChI=1S/C66H128O19Si11/c1-43-53(77-88(9,10)11)58(80-91(18,19)20)61(83-94(27,28)29)64(69-43)68-42-50-56(79-90(15,16)17)60(82-93(24,25)26)63(85-96(33,34)35)66(73-50)74-57-52(67)51-48(72-55(57)45-36-38-46(39-37-45)75-86(3,4)5)40-47(41-49(51)76-87(6,7)8)71-65-62(84-95(30,31)32)59(81-92(21,22)23)54(44(2)70-65)78-89(12,13)14/h36-41,43-44,50,53-54,56,58-66H,42H2,1-35H3. The molecule has 0 N–H and O–H groups in total. The summed E-state index contributed by atoms with van der Waals surface area (Å²) in [6.07, 6.45) is -10.5. The van der Waals surface area contributed by atoms with Gasteiger partial charge in [-0.05, 0) is 254 Å². The third-order valence-corrected chi connectivity index (χ3v) is 24.7. The highest BCUT2D eigenvalue weighted by Gasteiger charge is 2.57. The van der Waals surface area contributed by atoms with Crippen LogP contribution in [0.3, 0.4) is 0 Å². The normalized spacial score (nSPS) is 28.2. The van der Waals surface area contributed by atoms with Gasteiger partial charge in [0.25, 0.3) is 0 Å². The second-order valence-electron chi connectivity index (χ2n) is 37.1. The van der Waals surface area contributed by atoms with E-state index in [2.05, 4.69) is 216 Å². The van der Waals surface area contributed by atoms with Crippen molar-refractivity contribution in [3.05, 3.63) is 46.6 Å². The largest absolute Gasteiger partial charge is 0.544 e. The average molecular weight is 1530 g/mol. The van der Waals surface area contributed by atoms with E-state index in [1.54, 1.807) is 12.1 Å². The van der Waals surface area contributed by atoms with E-state index in [-0.39, 0.29) is 34.8 Å². The maximum Gasteiger partial charge on any atom is 0.242 e. The molecule has 3 aromatic rings. The van der Waals surface area contributed by atoms with E-state index in [9.17, 15) is 0 Å². The summed E-state index contributed by atoms with van der Waals surface area (Å²) in [6, 6.07) is 11.0. The summed E-state index contributed by atoms with van der Waals surface area (Å²) in [6.45, 7) is 74.9. The van der Waals surface area contributed by atoms with Crippen molar-refractivity contribution in [3.63, 3.8) is 0 Å². The van der Waals surface area contributed by atoms with Crippen molar-refractivity contribution < 1.29 is 81.5 Å². The highest BCUT2D eigenvalue weighted by atomic mass is 28.4. The predicted octanol–water partition coefficient (Wildman–Crippen LogP) is 16.9. The van der Waals surface area contributed by atoms with Gasteiger partial charge in [-0.3, -0.25) is 4.79 Å². The molecule has 6 rings (SSSR count). The van der Waals surface area contributed by atoms with E-state index in [0.29, 0.717) is 17.1 Å². The van der Waals surface area contributed by atoms with Crippen molar-refractivity contribution in [3.8, 4) is 34.3 Å². The highest BCUT2D eigenvalue weighted by Crippen LogP contribution is 2.44. The van der Waals surface area contributed by atoms with Crippen LogP contribution in [0.15, 0.2) is 45.6 Å². The van der Waals surface area contributed by atoms with Gasteiger partial charge in [0.1, 0.15) is 77.0 Å². The number of fused-ring (bicyclic) bond motifs is 1. The molecule has 550 valence electrons. The third kappa shape index (κ3) is 26.1. The molecule has 3 fully saturated rings. The van der Waals surface area contributed by atoms with Gasteiger partial charge in [0.05, 0.1) is 31.0 Å². The Balaban J connectivity index is 1.62. The van der Waals surface area contributed by atoms with Crippen molar-refractivity contribution in [2.45, 2.75) is 322 Å². The zero-order valence-electron chi connectivity index (χ0n) is 65.6. The SMILES string of the molecule is CC1OC(OCC2OC(Oc3c(-c4ccc(O[Si](C)(C)C)cc4)oc4cc(OC5OC(C)C(O[Si](C)(C)C)C(O[Si](C)(C)C)C5O[Si](C)(C)C)cc(O[Si](C)(C)C)c4c3=O)C(O[Si](C)(C)C)C(O[Si](C)(C)C)C2O[Si](C)(C)C)C(O[Si](C)(C)C)C(O[Si](C)(C)C)C1O[Si](C)(C)C. The van der Waals surface area contributed by atoms with Crippen LogP contribution in [0.25, 0.3) is 22.3 Å². The first kappa shape index (κ1) is 83.7. The van der Waals surface area contributed by atoms with E-state index in [1.807, 2.05) is 38.1 Å². The fourth-order valence-electron chi connectivity index (χ4n) is 11.7. The lowest BCUT2D eigenvalue weighted by Gasteiger charge is -2.52. The van der Waals surface area contributed by atoms with Gasteiger partial charge in [0.2, 0.25) is 40.4 Å². The van der Waals surface area contributed by atoms with E-state index in [0.717, 1.165) is 0 Å². The summed E-state index contributed by atoms with van der Waals surface area (Å²) in [5.41, 5.74) is 0.226. The van der Waals surface area contributed by atoms with Crippen LogP contribution in [-0.4, -0.2) is 190 Å². The summed E-state index contributed by atoms with van der Waals surface area (Å²) in [7, 11) is -25.6. The lowest BCUT2D eigenvalue weighted by Crippen LogP contribution is -2.68. The first-order valence-electron chi connectivity index (χ1n) is 34.7. The van der Waals surface area contributed by atoms with Gasteiger partial charge in [0.15, 0.2) is 86.9 Å². The van der Waals surface area contributed by atoms with Crippen molar-refractivity contribution in [2.75, 3.05) is 6.61 Å². The molecule has 0 aliphatic carbocycles. The van der Waals surface area contributed by atoms with Crippen LogP contribution in [-0.2, 0) is 58.8 Å². The topological polar surface area (TPSA) is 187 Å². The van der Waals surface area contributed by atoms with Crippen LogP contribution in [0, 0.1) is 0 Å². The average Bonchev–Trinajstić information content (AvgIpc) is 0.759. The van der Waals surface area contributed by atoms with Crippen LogP contribution in [0.2, 0.25) is 216 Å². The first-order valence-corrected chi connectivity index (χ1v) is 72.2. The number of ether oxygens (including phenoxy) is 6. The Labute approximate surface area is 589 Å². The Kier molecular flexibility index (Phi) is 26.8. The van der Waals surface area contributed by atoms with Gasteiger partial charge < -0.3 is 81.5 Å². The van der Waals surface area contributed by atoms with E-state index >= 15 is 4.79 Å². The predicted molar refractivity (Wildman–Crippen MR) is 414 cm³/mol. The fraction of sp³-hybridized carbons (Fsp3) is 0.773. The summed E-state index contributed by atoms with van der Waals surface area (Å²) >= 11 is 0. The number of rotatable bonds is 30. The van der Waals surface area contributed by atoms with Gasteiger partial charge >= 0.3 is 0 Å². The third-order valence-electron chi connectivity index (χ3n) is 14.2. The maximum absolute atomic E-state index is 16.5. The zero-order chi connectivity index (χ0) is 73.0. The molecule has 30 heteroatoms. The van der Waals surface area contributed by atoms with Crippen molar-refractivity contribution in [1.29, 1.82) is 0 Å². The molecule has 0 amide bonds. The second kappa shape index (κ2) is 30.8. The minimum atomic E-state index is -2.56. The molecule has 0 spiro atoms. The Morgan fingerprint density at radius 3 is 1.09 bits per heavy atom. The molecule has 15 atom stereocenters. The Bertz CT molecular complexity index is 3080. The van der Waals surface area contributed by atoms with Gasteiger partial charge in [0, 0.05) is 17.7 Å². The zero-order valence-corrected chi connectivity index (χ0v) is 76.6. The summed E-state index contributed by atoms with van der Waals surface area (Å²) in [4.78, 5) is 16.5. The molecule has 1 aromatic heterocycles. The van der Waals surface area contributed by atoms with E-state index in [1.165, 1.54) is 0 Å². The molecule has 3 saturated heterocycles. The summed E-state index contributed by atoms with van der Waals surface area (Å²) in [5, 5.41) is 0.148. The highest BCUT2D eigenvalue weighted by molar-refractivity contribution is 6.73. The fourth-order valence-corrected chi connectivity index (χ4v) is 23.2. The van der Waals surface area contributed by atoms with E-state index < -0.39 is 189 Å². The Morgan fingerprint density at radius 1 is 0.354 bits per heavy atom. The van der Waals surface area contributed by atoms with Crippen LogP contribution < -0.4 is 23.8 Å². The molecule has 3 aliphatic heterocycles. The molecule has 96 heavy (non-hydrogen) atoms. The molecule has 3 aliphatic rings. The van der Waals surface area contributed by atoms with Gasteiger partial charge in [-0.25, -0.2) is 0 Å². The van der Waals surface area contributed by atoms with Crippen molar-refractivity contribution >= 4 is 102 Å². The van der Waals surface area contributed by atoms with Crippen molar-refractivity contribution in [1.82, 2.24) is 0 Å². The van der Waals surface area contributed by atoms with Crippen LogP contribution >= 0.6 is 0 Å². The molecule has 2 aromatic carbocycles. The Hall–Kier alpha value is -1.28. The van der Waals surface area contributed by atoms with Crippen LogP contribution in [0.1, 0.15) is 13.8 Å². The van der Waals surface area contributed by atoms with E-state index in [4.69, 9.17) is 81.5 Å². The number of hydrogen-bond acceptors (Lipinski definition) is 19. The molecule has 4 heterocycles. The van der Waals surface area contributed by atoms with Gasteiger partial charge in [-0.1, -0.05) is 0 Å².